The van der Waals surface area contributed by atoms with Crippen LogP contribution in [0.4, 0.5) is 0 Å². The number of unbranched alkanes of at least 4 members (excludes halogenated alkanes) is 19. The van der Waals surface area contributed by atoms with Crippen LogP contribution in [-0.2, 0) is 9.53 Å². The van der Waals surface area contributed by atoms with E-state index in [-0.39, 0.29) is 18.2 Å². The molecule has 0 saturated carbocycles. The van der Waals surface area contributed by atoms with Crippen molar-refractivity contribution in [2.45, 2.75) is 219 Å². The molecule has 0 aromatic rings. The molecule has 1 N–H and O–H groups in total. The van der Waals surface area contributed by atoms with Crippen molar-refractivity contribution in [3.05, 3.63) is 24.3 Å². The van der Waals surface area contributed by atoms with E-state index in [4.69, 9.17) is 4.74 Å². The molecule has 0 aromatic heterocycles. The fourth-order valence-corrected chi connectivity index (χ4v) is 6.17. The van der Waals surface area contributed by atoms with Gasteiger partial charge < -0.3 is 14.7 Å². The third kappa shape index (κ3) is 35.7. The second-order valence-corrected chi connectivity index (χ2v) is 14.3. The lowest BCUT2D eigenvalue weighted by Gasteiger charge is -2.18. The molecule has 0 aliphatic heterocycles. The first-order chi connectivity index (χ1) is 22.5. The van der Waals surface area contributed by atoms with Gasteiger partial charge in [0.1, 0.15) is 6.10 Å². The van der Waals surface area contributed by atoms with Crippen LogP contribution in [0.2, 0.25) is 0 Å². The van der Waals surface area contributed by atoms with Crippen LogP contribution in [0.15, 0.2) is 24.3 Å². The third-order valence-electron chi connectivity index (χ3n) is 9.22. The number of aliphatic hydroxyl groups excluding tert-OH is 1. The summed E-state index contributed by atoms with van der Waals surface area (Å²) in [5.41, 5.74) is 0. The Morgan fingerprint density at radius 3 is 1.48 bits per heavy atom. The highest BCUT2D eigenvalue weighted by Gasteiger charge is 2.14. The van der Waals surface area contributed by atoms with Gasteiger partial charge in [0.15, 0.2) is 0 Å². The minimum Gasteiger partial charge on any atom is -0.462 e. The van der Waals surface area contributed by atoms with E-state index in [1.807, 2.05) is 0 Å². The third-order valence-corrected chi connectivity index (χ3v) is 9.22. The van der Waals surface area contributed by atoms with Crippen LogP contribution in [-0.4, -0.2) is 48.8 Å². The lowest BCUT2D eigenvalue weighted by Crippen LogP contribution is -2.20. The largest absolute Gasteiger partial charge is 0.462 e. The van der Waals surface area contributed by atoms with Crippen molar-refractivity contribution in [1.29, 1.82) is 0 Å². The Kier molecular flexibility index (Phi) is 35.8. The van der Waals surface area contributed by atoms with Crippen molar-refractivity contribution in [3.63, 3.8) is 0 Å². The fraction of sp³-hybridized carbons (Fsp3) is 0.881. The summed E-state index contributed by atoms with van der Waals surface area (Å²) in [5.74, 6) is 0.000339. The molecule has 0 spiro atoms. The first kappa shape index (κ1) is 44.9. The Balaban J connectivity index is 3.99. The lowest BCUT2D eigenvalue weighted by atomic mass is 10.0. The highest BCUT2D eigenvalue weighted by molar-refractivity contribution is 5.69. The summed E-state index contributed by atoms with van der Waals surface area (Å²) >= 11 is 0. The Morgan fingerprint density at radius 2 is 0.978 bits per heavy atom. The van der Waals surface area contributed by atoms with Crippen LogP contribution in [0.1, 0.15) is 206 Å². The maximum Gasteiger partial charge on any atom is 0.306 e. The normalized spacial score (nSPS) is 13.3. The Bertz CT molecular complexity index is 674. The van der Waals surface area contributed by atoms with E-state index in [2.05, 4.69) is 57.1 Å². The molecule has 46 heavy (non-hydrogen) atoms. The number of allylic oxidation sites excluding steroid dienone is 4. The number of ether oxygens (including phenoxy) is 1. The van der Waals surface area contributed by atoms with Crippen molar-refractivity contribution in [1.82, 2.24) is 4.90 Å². The second-order valence-electron chi connectivity index (χ2n) is 14.3. The number of nitrogens with zero attached hydrogens (tertiary/aromatic N) is 1. The van der Waals surface area contributed by atoms with Gasteiger partial charge in [-0.3, -0.25) is 4.79 Å². The van der Waals surface area contributed by atoms with E-state index in [0.29, 0.717) is 6.42 Å². The minimum atomic E-state index is -0.0760. The molecule has 2 unspecified atom stereocenters. The highest BCUT2D eigenvalue weighted by Crippen LogP contribution is 2.19. The SMILES string of the molecule is CCCCCC=CCC=CCCCCCCCCC(CCCCCCCCCCCC(O)CCCCC)OC(=O)CCCN(C)C. The van der Waals surface area contributed by atoms with Gasteiger partial charge in [0, 0.05) is 6.42 Å². The van der Waals surface area contributed by atoms with Gasteiger partial charge in [-0.1, -0.05) is 147 Å². The summed E-state index contributed by atoms with van der Waals surface area (Å²) < 4.78 is 6.00. The van der Waals surface area contributed by atoms with Crippen LogP contribution >= 0.6 is 0 Å². The predicted octanol–water partition coefficient (Wildman–Crippen LogP) is 12.7. The maximum atomic E-state index is 12.5. The Labute approximate surface area is 288 Å². The number of carbonyl (C=O) groups excluding carboxylic acids is 1. The van der Waals surface area contributed by atoms with Gasteiger partial charge in [-0.05, 0) is 97.7 Å². The van der Waals surface area contributed by atoms with Crippen LogP contribution < -0.4 is 0 Å². The summed E-state index contributed by atoms with van der Waals surface area (Å²) in [6.45, 7) is 5.41. The zero-order valence-electron chi connectivity index (χ0n) is 31.6. The van der Waals surface area contributed by atoms with Crippen molar-refractivity contribution in [2.75, 3.05) is 20.6 Å². The molecule has 0 fully saturated rings. The van der Waals surface area contributed by atoms with Gasteiger partial charge in [-0.25, -0.2) is 0 Å². The van der Waals surface area contributed by atoms with Gasteiger partial charge in [0.05, 0.1) is 6.10 Å². The number of hydrogen-bond donors (Lipinski definition) is 1. The number of esters is 1. The van der Waals surface area contributed by atoms with E-state index >= 15 is 0 Å². The number of hydrogen-bond acceptors (Lipinski definition) is 4. The van der Waals surface area contributed by atoms with Crippen molar-refractivity contribution >= 4 is 5.97 Å². The zero-order valence-corrected chi connectivity index (χ0v) is 31.6. The topological polar surface area (TPSA) is 49.8 Å². The Morgan fingerprint density at radius 1 is 0.565 bits per heavy atom. The van der Waals surface area contributed by atoms with Gasteiger partial charge in [0.25, 0.3) is 0 Å². The zero-order chi connectivity index (χ0) is 33.8. The van der Waals surface area contributed by atoms with E-state index in [9.17, 15) is 9.90 Å². The van der Waals surface area contributed by atoms with Gasteiger partial charge in [-0.15, -0.1) is 0 Å². The molecule has 2 atom stereocenters. The van der Waals surface area contributed by atoms with Gasteiger partial charge in [0.2, 0.25) is 0 Å². The molecule has 0 aliphatic rings. The monoisotopic (exact) mass is 648 g/mol. The molecule has 4 nitrogen and oxygen atoms in total. The van der Waals surface area contributed by atoms with E-state index in [1.54, 1.807) is 0 Å². The number of aliphatic hydroxyl groups is 1. The van der Waals surface area contributed by atoms with Crippen molar-refractivity contribution in [3.8, 4) is 0 Å². The molecule has 0 aliphatic carbocycles. The molecule has 0 amide bonds. The van der Waals surface area contributed by atoms with Crippen LogP contribution in [0.3, 0.4) is 0 Å². The van der Waals surface area contributed by atoms with E-state index in [1.165, 1.54) is 148 Å². The highest BCUT2D eigenvalue weighted by atomic mass is 16.5. The Hall–Kier alpha value is -1.13. The standard InChI is InChI=1S/C42H81NO3/c1-5-7-9-10-11-12-13-14-15-16-17-18-21-24-27-31-36-41(46-42(45)38-33-39-43(3)4)37-32-28-25-22-19-20-23-26-30-35-40(44)34-29-8-6-2/h11-12,14-15,40-41,44H,5-10,13,16-39H2,1-4H3. The summed E-state index contributed by atoms with van der Waals surface area (Å²) in [6.07, 6.45) is 45.1. The smallest absolute Gasteiger partial charge is 0.306 e. The molecule has 0 saturated heterocycles. The maximum absolute atomic E-state index is 12.5. The van der Waals surface area contributed by atoms with Gasteiger partial charge in [-0.2, -0.15) is 0 Å². The second kappa shape index (κ2) is 36.7. The summed E-state index contributed by atoms with van der Waals surface area (Å²) in [7, 11) is 4.11. The molecule has 272 valence electrons. The van der Waals surface area contributed by atoms with Gasteiger partial charge >= 0.3 is 5.97 Å². The van der Waals surface area contributed by atoms with Crippen LogP contribution in [0.25, 0.3) is 0 Å². The average molecular weight is 648 g/mol. The summed E-state index contributed by atoms with van der Waals surface area (Å²) in [4.78, 5) is 14.7. The van der Waals surface area contributed by atoms with E-state index in [0.717, 1.165) is 45.1 Å². The van der Waals surface area contributed by atoms with E-state index < -0.39 is 0 Å². The molecule has 0 radical (unpaired) electrons. The summed E-state index contributed by atoms with van der Waals surface area (Å²) in [5, 5.41) is 10.1. The summed E-state index contributed by atoms with van der Waals surface area (Å²) in [6, 6.07) is 0. The number of carbonyl (C=O) groups is 1. The lowest BCUT2D eigenvalue weighted by molar-refractivity contribution is -0.150. The first-order valence-corrected chi connectivity index (χ1v) is 20.3. The van der Waals surface area contributed by atoms with Crippen LogP contribution in [0.5, 0.6) is 0 Å². The molecule has 0 heterocycles. The quantitative estimate of drug-likeness (QED) is 0.0417. The molecule has 0 rings (SSSR count). The average Bonchev–Trinajstić information content (AvgIpc) is 3.03. The molecular weight excluding hydrogens is 566 g/mol. The predicted molar refractivity (Wildman–Crippen MR) is 203 cm³/mol. The van der Waals surface area contributed by atoms with Crippen LogP contribution in [0, 0.1) is 0 Å². The molecule has 0 bridgehead atoms. The molecular formula is C42H81NO3. The van der Waals surface area contributed by atoms with Crippen molar-refractivity contribution in [2.24, 2.45) is 0 Å². The molecule has 4 heteroatoms. The van der Waals surface area contributed by atoms with Crippen molar-refractivity contribution < 1.29 is 14.6 Å². The molecule has 0 aromatic carbocycles. The number of rotatable bonds is 36. The fourth-order valence-electron chi connectivity index (χ4n) is 6.17. The minimum absolute atomic E-state index is 0.000339. The first-order valence-electron chi connectivity index (χ1n) is 20.3.